The van der Waals surface area contributed by atoms with Gasteiger partial charge in [0.2, 0.25) is 0 Å². The molecular weight excluding hydrogens is 278 g/mol. The number of anilines is 1. The molecule has 3 rings (SSSR count). The zero-order valence-corrected chi connectivity index (χ0v) is 11.4. The van der Waals surface area contributed by atoms with Crippen molar-refractivity contribution in [3.8, 4) is 0 Å². The average Bonchev–Trinajstić information content (AvgIpc) is 2.70. The van der Waals surface area contributed by atoms with Crippen LogP contribution in [0.3, 0.4) is 0 Å². The number of carbonyl (C=O) groups is 1. The number of amidine groups is 1. The molecule has 0 unspecified atom stereocenters. The molecule has 1 aromatic rings. The van der Waals surface area contributed by atoms with Crippen LogP contribution in [0, 0.1) is 0 Å². The third kappa shape index (κ3) is 2.00. The van der Waals surface area contributed by atoms with E-state index < -0.39 is 15.9 Å². The fourth-order valence-corrected chi connectivity index (χ4v) is 3.50. The Labute approximate surface area is 116 Å². The third-order valence-corrected chi connectivity index (χ3v) is 4.65. The normalized spacial score (nSPS) is 20.1. The molecule has 1 amide bonds. The molecule has 104 valence electrons. The summed E-state index contributed by atoms with van der Waals surface area (Å²) in [6.45, 7) is 0.489. The standard InChI is InChI=1S/C13H13N3O3S/c14-12-8-11(20(18,19)15-12)13(17)16-7-3-5-9-4-1-2-6-10(9)16/h1-2,4,6,8H,3,5,7H2,(H2,14,15). The number of hydrogen-bond acceptors (Lipinski definition) is 4. The van der Waals surface area contributed by atoms with Crippen LogP contribution in [-0.2, 0) is 21.2 Å². The van der Waals surface area contributed by atoms with Gasteiger partial charge in [0.15, 0.2) is 4.91 Å². The molecule has 6 nitrogen and oxygen atoms in total. The zero-order valence-electron chi connectivity index (χ0n) is 10.6. The van der Waals surface area contributed by atoms with Crippen molar-refractivity contribution in [2.24, 2.45) is 10.1 Å². The highest BCUT2D eigenvalue weighted by atomic mass is 32.2. The first-order chi connectivity index (χ1) is 9.49. The van der Waals surface area contributed by atoms with Crippen molar-refractivity contribution >= 4 is 27.5 Å². The number of aryl methyl sites for hydroxylation is 1. The highest BCUT2D eigenvalue weighted by Gasteiger charge is 2.34. The maximum Gasteiger partial charge on any atom is 0.289 e. The molecule has 2 aliphatic heterocycles. The summed E-state index contributed by atoms with van der Waals surface area (Å²) in [6, 6.07) is 7.49. The van der Waals surface area contributed by atoms with E-state index in [1.165, 1.54) is 4.90 Å². The van der Waals surface area contributed by atoms with Gasteiger partial charge in [-0.2, -0.15) is 8.42 Å². The number of amides is 1. The summed E-state index contributed by atoms with van der Waals surface area (Å²) in [5.41, 5.74) is 7.18. The van der Waals surface area contributed by atoms with Crippen LogP contribution in [0.15, 0.2) is 39.6 Å². The van der Waals surface area contributed by atoms with E-state index >= 15 is 0 Å². The zero-order chi connectivity index (χ0) is 14.3. The lowest BCUT2D eigenvalue weighted by atomic mass is 10.0. The van der Waals surface area contributed by atoms with Gasteiger partial charge in [-0.05, 0) is 24.5 Å². The second kappa shape index (κ2) is 4.45. The number of rotatable bonds is 1. The Morgan fingerprint density at radius 1 is 1.30 bits per heavy atom. The number of benzene rings is 1. The van der Waals surface area contributed by atoms with Crippen molar-refractivity contribution < 1.29 is 13.2 Å². The second-order valence-electron chi connectivity index (χ2n) is 4.69. The molecule has 0 fully saturated rings. The van der Waals surface area contributed by atoms with Crippen molar-refractivity contribution in [3.05, 3.63) is 40.8 Å². The summed E-state index contributed by atoms with van der Waals surface area (Å²) in [7, 11) is -3.95. The topological polar surface area (TPSA) is 92.8 Å². The lowest BCUT2D eigenvalue weighted by Gasteiger charge is -2.29. The highest BCUT2D eigenvalue weighted by molar-refractivity contribution is 7.95. The van der Waals surface area contributed by atoms with Gasteiger partial charge in [0.05, 0.1) is 0 Å². The summed E-state index contributed by atoms with van der Waals surface area (Å²) >= 11 is 0. The molecule has 2 heterocycles. The van der Waals surface area contributed by atoms with E-state index in [4.69, 9.17) is 5.73 Å². The van der Waals surface area contributed by atoms with Crippen molar-refractivity contribution in [1.29, 1.82) is 0 Å². The SMILES string of the molecule is NC1=NS(=O)(=O)C(C(=O)N2CCCc3ccccc32)=C1. The lowest BCUT2D eigenvalue weighted by Crippen LogP contribution is -2.37. The van der Waals surface area contributed by atoms with E-state index in [1.54, 1.807) is 0 Å². The van der Waals surface area contributed by atoms with Gasteiger partial charge in [-0.25, -0.2) is 0 Å². The minimum absolute atomic E-state index is 0.154. The molecule has 0 saturated heterocycles. The van der Waals surface area contributed by atoms with Crippen molar-refractivity contribution in [2.75, 3.05) is 11.4 Å². The van der Waals surface area contributed by atoms with Crippen molar-refractivity contribution in [2.45, 2.75) is 12.8 Å². The molecule has 20 heavy (non-hydrogen) atoms. The fourth-order valence-electron chi connectivity index (χ4n) is 2.47. The Bertz CT molecular complexity index is 750. The van der Waals surface area contributed by atoms with E-state index in [9.17, 15) is 13.2 Å². The van der Waals surface area contributed by atoms with Gasteiger partial charge in [-0.15, -0.1) is 4.40 Å². The van der Waals surface area contributed by atoms with Crippen LogP contribution in [0.4, 0.5) is 5.69 Å². The number of nitrogens with zero attached hydrogens (tertiary/aromatic N) is 2. The Kier molecular flexibility index (Phi) is 2.86. The molecule has 0 bridgehead atoms. The van der Waals surface area contributed by atoms with Crippen LogP contribution in [-0.4, -0.2) is 26.7 Å². The van der Waals surface area contributed by atoms with Crippen LogP contribution in [0.25, 0.3) is 0 Å². The van der Waals surface area contributed by atoms with Crippen molar-refractivity contribution in [3.63, 3.8) is 0 Å². The minimum Gasteiger partial charge on any atom is -0.383 e. The Morgan fingerprint density at radius 2 is 2.05 bits per heavy atom. The maximum absolute atomic E-state index is 12.5. The van der Waals surface area contributed by atoms with Gasteiger partial charge in [0.1, 0.15) is 5.84 Å². The molecule has 0 aromatic heterocycles. The molecule has 1 aromatic carbocycles. The van der Waals surface area contributed by atoms with Gasteiger partial charge in [0, 0.05) is 18.3 Å². The van der Waals surface area contributed by atoms with Crippen LogP contribution in [0.1, 0.15) is 12.0 Å². The summed E-state index contributed by atoms with van der Waals surface area (Å²) in [5, 5.41) is 0. The first kappa shape index (κ1) is 12.9. The quantitative estimate of drug-likeness (QED) is 0.817. The average molecular weight is 291 g/mol. The van der Waals surface area contributed by atoms with Gasteiger partial charge < -0.3 is 10.6 Å². The molecule has 0 aliphatic carbocycles. The first-order valence-electron chi connectivity index (χ1n) is 6.21. The molecule has 0 atom stereocenters. The molecule has 2 N–H and O–H groups in total. The van der Waals surface area contributed by atoms with Gasteiger partial charge in [-0.3, -0.25) is 4.79 Å². The number of sulfonamides is 1. The second-order valence-corrected chi connectivity index (χ2v) is 6.26. The molecule has 0 spiro atoms. The van der Waals surface area contributed by atoms with E-state index in [1.807, 2.05) is 24.3 Å². The summed E-state index contributed by atoms with van der Waals surface area (Å²) in [5.74, 6) is -0.722. The minimum atomic E-state index is -3.95. The van der Waals surface area contributed by atoms with Gasteiger partial charge in [0.25, 0.3) is 15.9 Å². The summed E-state index contributed by atoms with van der Waals surface area (Å²) < 4.78 is 26.9. The van der Waals surface area contributed by atoms with Crippen LogP contribution in [0.2, 0.25) is 0 Å². The van der Waals surface area contributed by atoms with E-state index in [-0.39, 0.29) is 10.7 Å². The number of carbonyl (C=O) groups excluding carboxylic acids is 1. The van der Waals surface area contributed by atoms with E-state index in [0.717, 1.165) is 30.2 Å². The molecule has 2 aliphatic rings. The summed E-state index contributed by atoms with van der Waals surface area (Å²) in [4.78, 5) is 13.6. The van der Waals surface area contributed by atoms with Gasteiger partial charge >= 0.3 is 0 Å². The number of nitrogens with two attached hydrogens (primary N) is 1. The number of para-hydroxylation sites is 1. The van der Waals surface area contributed by atoms with Gasteiger partial charge in [-0.1, -0.05) is 18.2 Å². The maximum atomic E-state index is 12.5. The predicted molar refractivity (Wildman–Crippen MR) is 75.7 cm³/mol. The van der Waals surface area contributed by atoms with Crippen LogP contribution >= 0.6 is 0 Å². The number of fused-ring (bicyclic) bond motifs is 1. The molecule has 0 radical (unpaired) electrons. The Hall–Kier alpha value is -2.15. The fraction of sp³-hybridized carbons (Fsp3) is 0.231. The lowest BCUT2D eigenvalue weighted by molar-refractivity contribution is -0.114. The van der Waals surface area contributed by atoms with E-state index in [0.29, 0.717) is 6.54 Å². The highest BCUT2D eigenvalue weighted by Crippen LogP contribution is 2.29. The van der Waals surface area contributed by atoms with Crippen LogP contribution < -0.4 is 10.6 Å². The van der Waals surface area contributed by atoms with Crippen molar-refractivity contribution in [1.82, 2.24) is 0 Å². The Morgan fingerprint density at radius 3 is 2.75 bits per heavy atom. The third-order valence-electron chi connectivity index (χ3n) is 3.35. The monoisotopic (exact) mass is 291 g/mol. The molecule has 7 heteroatoms. The smallest absolute Gasteiger partial charge is 0.289 e. The Balaban J connectivity index is 2.00. The molecule has 0 saturated carbocycles. The molecular formula is C13H13N3O3S. The largest absolute Gasteiger partial charge is 0.383 e. The predicted octanol–water partition coefficient (Wildman–Crippen LogP) is 0.550. The number of hydrogen-bond donors (Lipinski definition) is 1. The summed E-state index contributed by atoms with van der Waals surface area (Å²) in [6.07, 6.45) is 2.80. The van der Waals surface area contributed by atoms with Crippen LogP contribution in [0.5, 0.6) is 0 Å². The first-order valence-corrected chi connectivity index (χ1v) is 7.65. The van der Waals surface area contributed by atoms with E-state index in [2.05, 4.69) is 4.40 Å².